The number of carbonyl (C=O) groups excluding carboxylic acids is 4. The van der Waals surface area contributed by atoms with Crippen LogP contribution in [-0.4, -0.2) is 115 Å². The van der Waals surface area contributed by atoms with Crippen molar-refractivity contribution in [3.63, 3.8) is 0 Å². The van der Waals surface area contributed by atoms with Crippen LogP contribution in [0.2, 0.25) is 0 Å². The van der Waals surface area contributed by atoms with E-state index in [1.165, 1.54) is 17.7 Å². The van der Waals surface area contributed by atoms with Crippen LogP contribution in [-0.2, 0) is 52.9 Å². The van der Waals surface area contributed by atoms with Crippen LogP contribution >= 0.6 is 0 Å². The first-order chi connectivity index (χ1) is 33.0. The topological polar surface area (TPSA) is 177 Å². The normalized spacial score (nSPS) is 19.5. The zero-order valence-corrected chi connectivity index (χ0v) is 42.0. The van der Waals surface area contributed by atoms with Gasteiger partial charge in [0.1, 0.15) is 24.3 Å². The van der Waals surface area contributed by atoms with E-state index >= 15 is 0 Å². The van der Waals surface area contributed by atoms with Gasteiger partial charge in [-0.15, -0.1) is 0 Å². The molecule has 16 nitrogen and oxygen atoms in total. The number of benzene rings is 2. The van der Waals surface area contributed by atoms with E-state index in [1.54, 1.807) is 27.9 Å². The summed E-state index contributed by atoms with van der Waals surface area (Å²) in [5.41, 5.74) is 11.4. The molecule has 16 heteroatoms. The fourth-order valence-corrected chi connectivity index (χ4v) is 9.99. The van der Waals surface area contributed by atoms with E-state index in [2.05, 4.69) is 82.3 Å². The van der Waals surface area contributed by atoms with Crippen molar-refractivity contribution in [3.8, 4) is 11.3 Å². The number of methoxy groups -OCH3 is 2. The number of hydrogen-bond donors (Lipinski definition) is 3. The SMILES string of the molecule is CCn1c(-c2cc(N3CCN(c4cccc(COC=O)c4)CC3)cnc2[C@H](C)OC)c(CC(C)(C)CO)c2cc([C@@H]3C[C@H]3CC[C@H](NC(=O)OC(C)(C)C)C(=O)N3CCC[C@@H](C(=O)OC)N3)ccc21. The molecule has 3 N–H and O–H groups in total. The molecule has 1 aliphatic carbocycles. The number of nitrogens with one attached hydrogen (secondary N) is 2. The van der Waals surface area contributed by atoms with Crippen molar-refractivity contribution < 1.29 is 43.2 Å². The average Bonchev–Trinajstić information content (AvgIpc) is 4.07. The van der Waals surface area contributed by atoms with Crippen molar-refractivity contribution in [2.75, 3.05) is 63.4 Å². The third-order valence-electron chi connectivity index (χ3n) is 13.8. The van der Waals surface area contributed by atoms with E-state index in [1.807, 2.05) is 25.3 Å². The lowest BCUT2D eigenvalue weighted by Crippen LogP contribution is -2.60. The van der Waals surface area contributed by atoms with Gasteiger partial charge >= 0.3 is 12.1 Å². The summed E-state index contributed by atoms with van der Waals surface area (Å²) in [6.07, 6.45) is 4.85. The van der Waals surface area contributed by atoms with Crippen LogP contribution < -0.4 is 20.5 Å². The molecule has 3 aliphatic rings. The van der Waals surface area contributed by atoms with E-state index in [-0.39, 0.29) is 37.1 Å². The molecule has 3 fully saturated rings. The number of ether oxygens (including phenoxy) is 4. The standard InChI is InChI=1S/C53H73N7O9/c1-10-59-46-19-17-37(40-26-36(40)16-18-44(55-51(65)69-52(3,4)5)49(63)60-20-12-15-45(56-60)50(64)67-9)27-41(46)43(29-53(6,7)32-61)48(59)42-28-39(30-54-47(42)34(2)66-8)58-23-21-57(22-24-58)38-14-11-13-35(25-38)31-68-33-62/h11,13-14,17,19,25,27-28,30,33-34,36,40,44-45,56,61H,10,12,15-16,18,20-24,26,29,31-32H2,1-9H3,(H,55,65)/t34-,36+,40+,44-,45-/m0/s1. The predicted molar refractivity (Wildman–Crippen MR) is 266 cm³/mol. The third kappa shape index (κ3) is 12.2. The van der Waals surface area contributed by atoms with Crippen LogP contribution in [0, 0.1) is 11.3 Å². The number of esters is 1. The predicted octanol–water partition coefficient (Wildman–Crippen LogP) is 7.44. The highest BCUT2D eigenvalue weighted by Crippen LogP contribution is 2.52. The smallest absolute Gasteiger partial charge is 0.408 e. The molecule has 0 spiro atoms. The molecule has 7 rings (SSSR count). The molecule has 4 heterocycles. The summed E-state index contributed by atoms with van der Waals surface area (Å²) in [7, 11) is 3.04. The summed E-state index contributed by atoms with van der Waals surface area (Å²) in [4.78, 5) is 60.2. The Morgan fingerprint density at radius 2 is 1.72 bits per heavy atom. The number of aryl methyl sites for hydroxylation is 1. The summed E-state index contributed by atoms with van der Waals surface area (Å²) in [6, 6.07) is 15.7. The van der Waals surface area contributed by atoms with Gasteiger partial charge in [-0.2, -0.15) is 0 Å². The fourth-order valence-electron chi connectivity index (χ4n) is 9.99. The quantitative estimate of drug-likeness (QED) is 0.0481. The van der Waals surface area contributed by atoms with Crippen molar-refractivity contribution in [1.29, 1.82) is 0 Å². The van der Waals surface area contributed by atoms with Crippen LogP contribution in [0.3, 0.4) is 0 Å². The van der Waals surface area contributed by atoms with Crippen LogP contribution in [0.15, 0.2) is 54.7 Å². The van der Waals surface area contributed by atoms with Crippen LogP contribution in [0.5, 0.6) is 0 Å². The Morgan fingerprint density at radius 3 is 2.39 bits per heavy atom. The molecule has 5 atom stereocenters. The lowest BCUT2D eigenvalue weighted by Gasteiger charge is -2.37. The largest absolute Gasteiger partial charge is 0.468 e. The van der Waals surface area contributed by atoms with Crippen molar-refractivity contribution in [2.45, 2.75) is 130 Å². The maximum atomic E-state index is 14.0. The second-order valence-electron chi connectivity index (χ2n) is 20.6. The van der Waals surface area contributed by atoms with E-state index in [4.69, 9.17) is 23.9 Å². The molecule has 2 aromatic heterocycles. The van der Waals surface area contributed by atoms with Gasteiger partial charge < -0.3 is 43.7 Å². The highest BCUT2D eigenvalue weighted by atomic mass is 16.6. The van der Waals surface area contributed by atoms with Gasteiger partial charge in [-0.25, -0.2) is 10.2 Å². The highest BCUT2D eigenvalue weighted by molar-refractivity contribution is 5.94. The molecule has 2 aliphatic heterocycles. The first kappa shape index (κ1) is 51.1. The minimum absolute atomic E-state index is 0.0139. The van der Waals surface area contributed by atoms with Crippen LogP contribution in [0.25, 0.3) is 22.2 Å². The van der Waals surface area contributed by atoms with E-state index < -0.39 is 35.2 Å². The monoisotopic (exact) mass is 952 g/mol. The van der Waals surface area contributed by atoms with Crippen molar-refractivity contribution in [1.82, 2.24) is 25.3 Å². The number of rotatable bonds is 19. The number of aliphatic hydroxyl groups is 1. The number of anilines is 2. The average molecular weight is 952 g/mol. The zero-order chi connectivity index (χ0) is 49.6. The lowest BCUT2D eigenvalue weighted by atomic mass is 9.84. The number of amides is 2. The number of alkyl carbamates (subject to hydrolysis) is 1. The Bertz CT molecular complexity index is 2460. The minimum Gasteiger partial charge on any atom is -0.468 e. The van der Waals surface area contributed by atoms with Gasteiger partial charge in [0.05, 0.1) is 36.5 Å². The maximum Gasteiger partial charge on any atom is 0.408 e. The molecule has 2 amide bonds. The van der Waals surface area contributed by atoms with Gasteiger partial charge in [-0.05, 0) is 137 Å². The van der Waals surface area contributed by atoms with Gasteiger partial charge in [-0.1, -0.05) is 32.0 Å². The van der Waals surface area contributed by atoms with E-state index in [9.17, 15) is 24.3 Å². The van der Waals surface area contributed by atoms with Crippen molar-refractivity contribution in [2.24, 2.45) is 11.3 Å². The number of hydrogen-bond acceptors (Lipinski definition) is 13. The fraction of sp³-hybridized carbons (Fsp3) is 0.566. The molecule has 2 aromatic carbocycles. The maximum absolute atomic E-state index is 14.0. The molecule has 0 bridgehead atoms. The minimum atomic E-state index is -0.856. The number of aromatic nitrogens is 2. The molecule has 0 radical (unpaired) electrons. The first-order valence-corrected chi connectivity index (χ1v) is 24.6. The number of piperazine rings is 1. The highest BCUT2D eigenvalue weighted by Gasteiger charge is 2.41. The summed E-state index contributed by atoms with van der Waals surface area (Å²) in [6.45, 7) is 18.8. The van der Waals surface area contributed by atoms with Crippen LogP contribution in [0.1, 0.15) is 115 Å². The molecule has 69 heavy (non-hydrogen) atoms. The Kier molecular flexibility index (Phi) is 16.3. The van der Waals surface area contributed by atoms with Gasteiger partial charge in [0, 0.05) is 75.1 Å². The van der Waals surface area contributed by atoms with Crippen molar-refractivity contribution in [3.05, 3.63) is 77.1 Å². The summed E-state index contributed by atoms with van der Waals surface area (Å²) >= 11 is 0. The Hall–Kier alpha value is -5.71. The second kappa shape index (κ2) is 21.9. The van der Waals surface area contributed by atoms with Crippen LogP contribution in [0.4, 0.5) is 16.2 Å². The van der Waals surface area contributed by atoms with E-state index in [0.29, 0.717) is 51.7 Å². The first-order valence-electron chi connectivity index (χ1n) is 24.6. The van der Waals surface area contributed by atoms with E-state index in [0.717, 1.165) is 83.0 Å². The molecule has 1 saturated carbocycles. The lowest BCUT2D eigenvalue weighted by molar-refractivity contribution is -0.150. The van der Waals surface area contributed by atoms with Crippen molar-refractivity contribution >= 4 is 46.7 Å². The number of pyridine rings is 1. The number of nitrogens with zero attached hydrogens (tertiary/aromatic N) is 5. The second-order valence-corrected chi connectivity index (χ2v) is 20.6. The zero-order valence-electron chi connectivity index (χ0n) is 42.0. The molecule has 374 valence electrons. The Labute approximate surface area is 407 Å². The summed E-state index contributed by atoms with van der Waals surface area (Å²) in [5.74, 6) is -0.201. The summed E-state index contributed by atoms with van der Waals surface area (Å²) < 4.78 is 23.9. The van der Waals surface area contributed by atoms with Gasteiger partial charge in [0.25, 0.3) is 12.4 Å². The van der Waals surface area contributed by atoms with Gasteiger partial charge in [-0.3, -0.25) is 24.4 Å². The number of carbonyl (C=O) groups is 4. The molecule has 0 unspecified atom stereocenters. The molecule has 2 saturated heterocycles. The Balaban J connectivity index is 1.17. The number of fused-ring (bicyclic) bond motifs is 1. The van der Waals surface area contributed by atoms with Gasteiger partial charge in [0.15, 0.2) is 0 Å². The summed E-state index contributed by atoms with van der Waals surface area (Å²) in [5, 5.41) is 16.2. The van der Waals surface area contributed by atoms with Gasteiger partial charge in [0.2, 0.25) is 0 Å². The molecular weight excluding hydrogens is 879 g/mol. The third-order valence-corrected chi connectivity index (χ3v) is 13.8. The molecular formula is C53H73N7O9. The number of hydrazine groups is 1. The number of aliphatic hydroxyl groups excluding tert-OH is 1. The molecule has 4 aromatic rings. The Morgan fingerprint density at radius 1 is 0.986 bits per heavy atom.